The van der Waals surface area contributed by atoms with Crippen LogP contribution in [0, 0.1) is 0 Å². The zero-order valence-electron chi connectivity index (χ0n) is 18.9. The van der Waals surface area contributed by atoms with E-state index in [-0.39, 0.29) is 5.91 Å². The van der Waals surface area contributed by atoms with Gasteiger partial charge in [-0.15, -0.1) is 6.58 Å². The van der Waals surface area contributed by atoms with Crippen LogP contribution in [0.15, 0.2) is 73.3 Å². The minimum atomic E-state index is -0.0241. The molecule has 0 radical (unpaired) electrons. The lowest BCUT2D eigenvalue weighted by molar-refractivity contribution is -0.116. The second-order valence-electron chi connectivity index (χ2n) is 7.72. The molecule has 0 aliphatic rings. The summed E-state index contributed by atoms with van der Waals surface area (Å²) < 4.78 is 8.40. The van der Waals surface area contributed by atoms with E-state index in [1.165, 1.54) is 0 Å². The minimum absolute atomic E-state index is 0.0241. The Balaban J connectivity index is 1.57. The van der Waals surface area contributed by atoms with Gasteiger partial charge in [-0.25, -0.2) is 4.98 Å². The van der Waals surface area contributed by atoms with E-state index in [1.54, 1.807) is 12.2 Å². The third kappa shape index (κ3) is 6.58. The molecule has 32 heavy (non-hydrogen) atoms. The largest absolute Gasteiger partial charge is 0.491 e. The molecular formula is C27H33N3O2. The Morgan fingerprint density at radius 1 is 1.12 bits per heavy atom. The smallest absolute Gasteiger partial charge is 0.243 e. The highest BCUT2D eigenvalue weighted by Gasteiger charge is 2.11. The number of para-hydroxylation sites is 3. The summed E-state index contributed by atoms with van der Waals surface area (Å²) in [6.45, 7) is 7.72. The van der Waals surface area contributed by atoms with Gasteiger partial charge in [0.15, 0.2) is 0 Å². The third-order valence-electron chi connectivity index (χ3n) is 5.34. The van der Waals surface area contributed by atoms with Gasteiger partial charge < -0.3 is 14.6 Å². The summed E-state index contributed by atoms with van der Waals surface area (Å²) in [5.74, 6) is 1.98. The predicted octanol–water partition coefficient (Wildman–Crippen LogP) is 5.25. The fourth-order valence-electron chi connectivity index (χ4n) is 3.79. The van der Waals surface area contributed by atoms with E-state index in [9.17, 15) is 4.79 Å². The van der Waals surface area contributed by atoms with E-state index >= 15 is 0 Å². The molecule has 0 aliphatic carbocycles. The molecule has 5 nitrogen and oxygen atoms in total. The number of ether oxygens (including phenoxy) is 1. The second-order valence-corrected chi connectivity index (χ2v) is 7.72. The molecule has 1 heterocycles. The number of benzene rings is 2. The van der Waals surface area contributed by atoms with Gasteiger partial charge in [-0.3, -0.25) is 4.79 Å². The Kier molecular flexibility index (Phi) is 9.11. The summed E-state index contributed by atoms with van der Waals surface area (Å²) in [5, 5.41) is 2.90. The molecular weight excluding hydrogens is 398 g/mol. The summed E-state index contributed by atoms with van der Waals surface area (Å²) >= 11 is 0. The molecule has 1 aromatic heterocycles. The summed E-state index contributed by atoms with van der Waals surface area (Å²) in [4.78, 5) is 16.3. The summed E-state index contributed by atoms with van der Waals surface area (Å²) in [6, 6.07) is 16.4. The third-order valence-corrected chi connectivity index (χ3v) is 5.34. The van der Waals surface area contributed by atoms with Gasteiger partial charge in [0.25, 0.3) is 0 Å². The highest BCUT2D eigenvalue weighted by molar-refractivity contribution is 5.87. The Bertz CT molecular complexity index is 1050. The molecule has 0 bridgehead atoms. The van der Waals surface area contributed by atoms with Gasteiger partial charge in [-0.2, -0.15) is 0 Å². The number of carbonyl (C=O) groups is 1. The van der Waals surface area contributed by atoms with E-state index in [0.717, 1.165) is 66.8 Å². The SMILES string of the molecule is C=CCc1ccccc1OCCn1c(CCCCCNC(=O)/C=C/C)nc2ccccc21. The van der Waals surface area contributed by atoms with Crippen molar-refractivity contribution in [2.45, 2.75) is 45.6 Å². The molecule has 0 saturated carbocycles. The average Bonchev–Trinajstić information content (AvgIpc) is 3.15. The van der Waals surface area contributed by atoms with E-state index in [1.807, 2.05) is 37.3 Å². The number of imidazole rings is 1. The van der Waals surface area contributed by atoms with Crippen molar-refractivity contribution in [3.8, 4) is 5.75 Å². The van der Waals surface area contributed by atoms with E-state index in [4.69, 9.17) is 9.72 Å². The van der Waals surface area contributed by atoms with Crippen LogP contribution in [-0.2, 0) is 24.2 Å². The number of allylic oxidation sites excluding steroid dienone is 2. The summed E-state index contributed by atoms with van der Waals surface area (Å²) in [6.07, 6.45) is 9.95. The standard InChI is InChI=1S/C27H33N3O2/c1-3-12-22-14-7-10-17-25(22)32-21-20-30-24-16-9-8-15-23(24)29-26(30)18-6-5-11-19-28-27(31)13-4-2/h3-4,7-10,13-17H,1,5-6,11-12,18-21H2,2H3,(H,28,31)/b13-4+. The zero-order valence-corrected chi connectivity index (χ0v) is 18.9. The zero-order chi connectivity index (χ0) is 22.6. The monoisotopic (exact) mass is 431 g/mol. The number of rotatable bonds is 13. The van der Waals surface area contributed by atoms with Crippen LogP contribution in [0.4, 0.5) is 0 Å². The maximum atomic E-state index is 11.5. The van der Waals surface area contributed by atoms with Gasteiger partial charge in [0.1, 0.15) is 18.2 Å². The van der Waals surface area contributed by atoms with Crippen LogP contribution in [0.2, 0.25) is 0 Å². The average molecular weight is 432 g/mol. The van der Waals surface area contributed by atoms with E-state index in [0.29, 0.717) is 13.2 Å². The van der Waals surface area contributed by atoms with Crippen LogP contribution in [0.5, 0.6) is 5.75 Å². The number of hydrogen-bond donors (Lipinski definition) is 1. The Hall–Kier alpha value is -3.34. The maximum Gasteiger partial charge on any atom is 0.243 e. The normalized spacial score (nSPS) is 11.2. The van der Waals surface area contributed by atoms with Crippen molar-refractivity contribution in [2.24, 2.45) is 0 Å². The summed E-state index contributed by atoms with van der Waals surface area (Å²) in [7, 11) is 0. The van der Waals surface area contributed by atoms with Crippen molar-refractivity contribution in [3.05, 3.63) is 84.7 Å². The molecule has 0 spiro atoms. The van der Waals surface area contributed by atoms with Crippen LogP contribution >= 0.6 is 0 Å². The Morgan fingerprint density at radius 2 is 1.94 bits per heavy atom. The topological polar surface area (TPSA) is 56.1 Å². The van der Waals surface area contributed by atoms with Crippen molar-refractivity contribution in [1.82, 2.24) is 14.9 Å². The predicted molar refractivity (Wildman–Crippen MR) is 131 cm³/mol. The van der Waals surface area contributed by atoms with Gasteiger partial charge in [-0.1, -0.05) is 48.9 Å². The van der Waals surface area contributed by atoms with Crippen molar-refractivity contribution in [1.29, 1.82) is 0 Å². The molecule has 0 saturated heterocycles. The number of amides is 1. The highest BCUT2D eigenvalue weighted by Crippen LogP contribution is 2.21. The molecule has 3 aromatic rings. The van der Waals surface area contributed by atoms with Gasteiger partial charge in [0, 0.05) is 13.0 Å². The Morgan fingerprint density at radius 3 is 2.78 bits per heavy atom. The minimum Gasteiger partial charge on any atom is -0.491 e. The molecule has 0 aliphatic heterocycles. The first-order valence-corrected chi connectivity index (χ1v) is 11.4. The number of carbonyl (C=O) groups excluding carboxylic acids is 1. The van der Waals surface area contributed by atoms with Gasteiger partial charge >= 0.3 is 0 Å². The number of nitrogens with one attached hydrogen (secondary N) is 1. The molecule has 5 heteroatoms. The summed E-state index contributed by atoms with van der Waals surface area (Å²) in [5.41, 5.74) is 3.32. The number of fused-ring (bicyclic) bond motifs is 1. The van der Waals surface area contributed by atoms with Crippen LogP contribution in [0.1, 0.15) is 37.6 Å². The quantitative estimate of drug-likeness (QED) is 0.228. The van der Waals surface area contributed by atoms with Crippen LogP contribution < -0.4 is 10.1 Å². The second kappa shape index (κ2) is 12.5. The molecule has 168 valence electrons. The first-order valence-electron chi connectivity index (χ1n) is 11.4. The maximum absolute atomic E-state index is 11.5. The fraction of sp³-hybridized carbons (Fsp3) is 0.333. The van der Waals surface area contributed by atoms with Crippen LogP contribution in [0.3, 0.4) is 0 Å². The lowest BCUT2D eigenvalue weighted by Gasteiger charge is -2.13. The van der Waals surface area contributed by atoms with Crippen molar-refractivity contribution < 1.29 is 9.53 Å². The molecule has 0 atom stereocenters. The number of hydrogen-bond acceptors (Lipinski definition) is 3. The highest BCUT2D eigenvalue weighted by atomic mass is 16.5. The lowest BCUT2D eigenvalue weighted by atomic mass is 10.1. The molecule has 3 rings (SSSR count). The van der Waals surface area contributed by atoms with Gasteiger partial charge in [-0.05, 0) is 56.0 Å². The number of unbranched alkanes of at least 4 members (excludes halogenated alkanes) is 2. The van der Waals surface area contributed by atoms with E-state index < -0.39 is 0 Å². The van der Waals surface area contributed by atoms with Crippen molar-refractivity contribution in [3.63, 3.8) is 0 Å². The molecule has 0 fully saturated rings. The first-order chi connectivity index (χ1) is 15.7. The molecule has 2 aromatic carbocycles. The molecule has 1 amide bonds. The molecule has 1 N–H and O–H groups in total. The van der Waals surface area contributed by atoms with Crippen molar-refractivity contribution in [2.75, 3.05) is 13.2 Å². The van der Waals surface area contributed by atoms with Gasteiger partial charge in [0.05, 0.1) is 17.6 Å². The lowest BCUT2D eigenvalue weighted by Crippen LogP contribution is -2.22. The Labute approximate surface area is 190 Å². The molecule has 0 unspecified atom stereocenters. The van der Waals surface area contributed by atoms with Crippen LogP contribution in [-0.4, -0.2) is 28.6 Å². The number of nitrogens with zero attached hydrogens (tertiary/aromatic N) is 2. The van der Waals surface area contributed by atoms with Gasteiger partial charge in [0.2, 0.25) is 5.91 Å². The van der Waals surface area contributed by atoms with E-state index in [2.05, 4.69) is 40.7 Å². The van der Waals surface area contributed by atoms with Crippen molar-refractivity contribution >= 4 is 16.9 Å². The van der Waals surface area contributed by atoms with Crippen LogP contribution in [0.25, 0.3) is 11.0 Å². The number of aromatic nitrogens is 2. The fourth-order valence-corrected chi connectivity index (χ4v) is 3.79. The number of aryl methyl sites for hydroxylation is 1. The first kappa shape index (κ1) is 23.3.